The van der Waals surface area contributed by atoms with Gasteiger partial charge in [0.05, 0.1) is 0 Å². The molecule has 2 N–H and O–H groups in total. The molecular weight excluding hydrogens is 500 g/mol. The normalized spacial score (nSPS) is 14.1. The quantitative estimate of drug-likeness (QED) is 0.336. The summed E-state index contributed by atoms with van der Waals surface area (Å²) in [5, 5.41) is 6.48. The molecule has 1 atom stereocenters. The van der Waals surface area contributed by atoms with Crippen molar-refractivity contribution >= 4 is 40.8 Å². The molecule has 0 spiro atoms. The van der Waals surface area contributed by atoms with Gasteiger partial charge in [0.1, 0.15) is 11.9 Å². The fraction of sp³-hybridized carbons (Fsp3) is 0.333. The van der Waals surface area contributed by atoms with Crippen LogP contribution in [0.15, 0.2) is 72.9 Å². The Labute approximate surface area is 228 Å². The summed E-state index contributed by atoms with van der Waals surface area (Å²) in [6.07, 6.45) is 6.22. The number of hydrogen-bond acceptors (Lipinski definition) is 4. The van der Waals surface area contributed by atoms with Gasteiger partial charge in [-0.3, -0.25) is 19.3 Å². The number of nitrogens with one attached hydrogen (secondary N) is 2. The third kappa shape index (κ3) is 7.19. The third-order valence-corrected chi connectivity index (χ3v) is 7.02. The number of benzene rings is 2. The fourth-order valence-corrected chi connectivity index (χ4v) is 4.95. The zero-order valence-electron chi connectivity index (χ0n) is 21.5. The van der Waals surface area contributed by atoms with Crippen LogP contribution < -0.4 is 15.5 Å². The van der Waals surface area contributed by atoms with E-state index in [1.807, 2.05) is 31.2 Å². The van der Waals surface area contributed by atoms with Crippen LogP contribution in [0.5, 0.6) is 0 Å². The van der Waals surface area contributed by atoms with Crippen molar-refractivity contribution in [3.63, 3.8) is 0 Å². The van der Waals surface area contributed by atoms with E-state index < -0.39 is 6.04 Å². The van der Waals surface area contributed by atoms with Crippen LogP contribution in [0.1, 0.15) is 62.1 Å². The Morgan fingerprint density at radius 2 is 1.68 bits per heavy atom. The second-order valence-corrected chi connectivity index (χ2v) is 10.0. The molecule has 1 heterocycles. The standard InChI is InChI=1S/C30H33ClN4O3/c1-21-9-2-5-12-25(21)35(28(37)15-8-14-27(36)34-26-13-6-7-20-32-26)29(22-16-18-23(31)19-17-22)30(38)33-24-10-3-4-11-24/h2,5-7,9,12-13,16-20,24,29H,3-4,8,10-11,14-15H2,1H3,(H,33,38)(H,32,34,36)/t29-/m1/s1. The number of amides is 3. The van der Waals surface area contributed by atoms with Gasteiger partial charge in [-0.1, -0.05) is 60.8 Å². The highest BCUT2D eigenvalue weighted by molar-refractivity contribution is 6.30. The van der Waals surface area contributed by atoms with E-state index in [0.717, 1.165) is 31.2 Å². The van der Waals surface area contributed by atoms with E-state index in [4.69, 9.17) is 11.6 Å². The van der Waals surface area contributed by atoms with Crippen LogP contribution in [0.4, 0.5) is 11.5 Å². The van der Waals surface area contributed by atoms with Gasteiger partial charge in [-0.05, 0) is 67.6 Å². The van der Waals surface area contributed by atoms with E-state index in [1.165, 1.54) is 0 Å². The third-order valence-electron chi connectivity index (χ3n) is 6.76. The molecule has 3 amide bonds. The number of para-hydroxylation sites is 1. The first-order valence-corrected chi connectivity index (χ1v) is 13.4. The number of anilines is 2. The Morgan fingerprint density at radius 3 is 2.37 bits per heavy atom. The number of rotatable bonds is 10. The summed E-state index contributed by atoms with van der Waals surface area (Å²) >= 11 is 6.15. The maximum atomic E-state index is 13.8. The summed E-state index contributed by atoms with van der Waals surface area (Å²) in [5.41, 5.74) is 2.22. The van der Waals surface area contributed by atoms with Crippen LogP contribution >= 0.6 is 11.6 Å². The minimum absolute atomic E-state index is 0.0985. The van der Waals surface area contributed by atoms with Crippen molar-refractivity contribution in [3.8, 4) is 0 Å². The maximum Gasteiger partial charge on any atom is 0.248 e. The second-order valence-electron chi connectivity index (χ2n) is 9.61. The average molecular weight is 533 g/mol. The van der Waals surface area contributed by atoms with Crippen molar-refractivity contribution in [1.82, 2.24) is 10.3 Å². The Hall–Kier alpha value is -3.71. The number of hydrogen-bond donors (Lipinski definition) is 2. The van der Waals surface area contributed by atoms with Gasteiger partial charge in [-0.15, -0.1) is 0 Å². The summed E-state index contributed by atoms with van der Waals surface area (Å²) < 4.78 is 0. The van der Waals surface area contributed by atoms with Gasteiger partial charge >= 0.3 is 0 Å². The molecule has 0 unspecified atom stereocenters. The van der Waals surface area contributed by atoms with Gasteiger partial charge in [0.15, 0.2) is 0 Å². The maximum absolute atomic E-state index is 13.8. The zero-order chi connectivity index (χ0) is 26.9. The van der Waals surface area contributed by atoms with Crippen LogP contribution in [0.25, 0.3) is 0 Å². The summed E-state index contributed by atoms with van der Waals surface area (Å²) in [4.78, 5) is 45.7. The minimum atomic E-state index is -0.871. The van der Waals surface area contributed by atoms with E-state index in [0.29, 0.717) is 28.5 Å². The lowest BCUT2D eigenvalue weighted by molar-refractivity contribution is -0.127. The fourth-order valence-electron chi connectivity index (χ4n) is 4.83. The second kappa shape index (κ2) is 13.2. The number of aromatic nitrogens is 1. The Bertz CT molecular complexity index is 1240. The van der Waals surface area contributed by atoms with Crippen molar-refractivity contribution < 1.29 is 14.4 Å². The van der Waals surface area contributed by atoms with E-state index in [9.17, 15) is 14.4 Å². The number of aryl methyl sites for hydroxylation is 1. The SMILES string of the molecule is Cc1ccccc1N(C(=O)CCCC(=O)Nc1ccccn1)[C@@H](C(=O)NC1CCCC1)c1ccc(Cl)cc1. The lowest BCUT2D eigenvalue weighted by Gasteiger charge is -2.33. The van der Waals surface area contributed by atoms with Gasteiger partial charge in [0, 0.05) is 35.8 Å². The summed E-state index contributed by atoms with van der Waals surface area (Å²) in [6, 6.07) is 19.1. The molecule has 0 aliphatic heterocycles. The number of carbonyl (C=O) groups is 3. The molecule has 3 aromatic rings. The molecule has 1 aliphatic carbocycles. The van der Waals surface area contributed by atoms with Crippen molar-refractivity contribution in [1.29, 1.82) is 0 Å². The molecule has 0 radical (unpaired) electrons. The first-order chi connectivity index (χ1) is 18.4. The summed E-state index contributed by atoms with van der Waals surface area (Å²) in [7, 11) is 0. The minimum Gasteiger partial charge on any atom is -0.351 e. The highest BCUT2D eigenvalue weighted by Gasteiger charge is 2.34. The van der Waals surface area contributed by atoms with Gasteiger partial charge < -0.3 is 10.6 Å². The smallest absolute Gasteiger partial charge is 0.248 e. The predicted octanol–water partition coefficient (Wildman–Crippen LogP) is 5.99. The molecule has 1 fully saturated rings. The Balaban J connectivity index is 1.58. The molecule has 38 heavy (non-hydrogen) atoms. The van der Waals surface area contributed by atoms with E-state index in [2.05, 4.69) is 15.6 Å². The molecule has 4 rings (SSSR count). The molecular formula is C30H33ClN4O3. The summed E-state index contributed by atoms with van der Waals surface area (Å²) in [5.74, 6) is -0.195. The van der Waals surface area contributed by atoms with Crippen molar-refractivity contribution in [2.75, 3.05) is 10.2 Å². The molecule has 0 bridgehead atoms. The zero-order valence-corrected chi connectivity index (χ0v) is 22.3. The van der Waals surface area contributed by atoms with Crippen LogP contribution in [0.2, 0.25) is 5.02 Å². The lowest BCUT2D eigenvalue weighted by Crippen LogP contribution is -2.46. The van der Waals surface area contributed by atoms with Gasteiger partial charge in [0.25, 0.3) is 0 Å². The molecule has 0 saturated heterocycles. The highest BCUT2D eigenvalue weighted by atomic mass is 35.5. The largest absolute Gasteiger partial charge is 0.351 e. The molecule has 1 saturated carbocycles. The number of pyridine rings is 1. The first kappa shape index (κ1) is 27.3. The molecule has 8 heteroatoms. The number of nitrogens with zero attached hydrogens (tertiary/aromatic N) is 2. The van der Waals surface area contributed by atoms with Gasteiger partial charge in [-0.25, -0.2) is 4.98 Å². The Morgan fingerprint density at radius 1 is 0.974 bits per heavy atom. The van der Waals surface area contributed by atoms with Gasteiger partial charge in [-0.2, -0.15) is 0 Å². The molecule has 198 valence electrons. The average Bonchev–Trinajstić information content (AvgIpc) is 3.42. The first-order valence-electron chi connectivity index (χ1n) is 13.1. The van der Waals surface area contributed by atoms with Crippen LogP contribution in [0, 0.1) is 6.92 Å². The van der Waals surface area contributed by atoms with Crippen LogP contribution in [-0.2, 0) is 14.4 Å². The topological polar surface area (TPSA) is 91.4 Å². The van der Waals surface area contributed by atoms with E-state index in [1.54, 1.807) is 53.6 Å². The Kier molecular flexibility index (Phi) is 9.49. The lowest BCUT2D eigenvalue weighted by atomic mass is 10.0. The molecule has 1 aromatic heterocycles. The van der Waals surface area contributed by atoms with Crippen LogP contribution in [0.3, 0.4) is 0 Å². The van der Waals surface area contributed by atoms with E-state index in [-0.39, 0.29) is 36.6 Å². The van der Waals surface area contributed by atoms with Crippen molar-refractivity contribution in [2.45, 2.75) is 64.0 Å². The molecule has 7 nitrogen and oxygen atoms in total. The van der Waals surface area contributed by atoms with Crippen molar-refractivity contribution in [3.05, 3.63) is 89.1 Å². The number of carbonyl (C=O) groups excluding carboxylic acids is 3. The molecule has 2 aromatic carbocycles. The van der Waals surface area contributed by atoms with E-state index >= 15 is 0 Å². The van der Waals surface area contributed by atoms with Gasteiger partial charge in [0.2, 0.25) is 17.7 Å². The number of halogens is 1. The summed E-state index contributed by atoms with van der Waals surface area (Å²) in [6.45, 7) is 1.92. The predicted molar refractivity (Wildman–Crippen MR) is 150 cm³/mol. The van der Waals surface area contributed by atoms with Crippen LogP contribution in [-0.4, -0.2) is 28.7 Å². The molecule has 1 aliphatic rings. The van der Waals surface area contributed by atoms with Crippen molar-refractivity contribution in [2.24, 2.45) is 0 Å². The highest BCUT2D eigenvalue weighted by Crippen LogP contribution is 2.32. The monoisotopic (exact) mass is 532 g/mol.